The Kier molecular flexibility index (Phi) is 7.98. The van der Waals surface area contributed by atoms with Gasteiger partial charge >= 0.3 is 17.9 Å². The number of esters is 3. The average molecular weight is 542 g/mol. The standard InChI is InChI=1S/C27H26O12/c1-12(28)35-11-20-27(38-14(3)30)19(37-13(2)29)9-21(39-20)36-10-15-8-18(31)22-23(24(15)32)26(34)17-7-5-4-6-16(17)25(22)33/h4-8,19-21,27,31-32H,9-11H2,1-3H3/t19-,20-,21+,27+/m1/s1. The smallest absolute Gasteiger partial charge is 0.303 e. The van der Waals surface area contributed by atoms with Crippen LogP contribution in [0.2, 0.25) is 0 Å². The van der Waals surface area contributed by atoms with E-state index in [9.17, 15) is 34.2 Å². The number of phenols is 2. The monoisotopic (exact) mass is 542 g/mol. The van der Waals surface area contributed by atoms with Gasteiger partial charge in [-0.25, -0.2) is 0 Å². The van der Waals surface area contributed by atoms with E-state index in [1.54, 1.807) is 12.1 Å². The van der Waals surface area contributed by atoms with E-state index < -0.39 is 72.2 Å². The van der Waals surface area contributed by atoms with Crippen molar-refractivity contribution in [1.29, 1.82) is 0 Å². The van der Waals surface area contributed by atoms with Crippen LogP contribution < -0.4 is 0 Å². The van der Waals surface area contributed by atoms with Gasteiger partial charge in [0.25, 0.3) is 0 Å². The number of aromatic hydroxyl groups is 2. The first-order chi connectivity index (χ1) is 18.5. The summed E-state index contributed by atoms with van der Waals surface area (Å²) in [5.74, 6) is -4.26. The van der Waals surface area contributed by atoms with Crippen molar-refractivity contribution in [3.63, 3.8) is 0 Å². The maximum absolute atomic E-state index is 13.1. The fourth-order valence-corrected chi connectivity index (χ4v) is 4.61. The van der Waals surface area contributed by atoms with Crippen LogP contribution in [0, 0.1) is 0 Å². The highest BCUT2D eigenvalue weighted by atomic mass is 16.7. The summed E-state index contributed by atoms with van der Waals surface area (Å²) < 4.78 is 27.2. The summed E-state index contributed by atoms with van der Waals surface area (Å²) in [6, 6.07) is 7.18. The lowest BCUT2D eigenvalue weighted by molar-refractivity contribution is -0.269. The molecular formula is C27H26O12. The van der Waals surface area contributed by atoms with Crippen LogP contribution in [-0.2, 0) is 44.7 Å². The molecule has 1 aliphatic heterocycles. The maximum atomic E-state index is 13.1. The number of fused-ring (bicyclic) bond motifs is 2. The van der Waals surface area contributed by atoms with Crippen LogP contribution in [0.15, 0.2) is 30.3 Å². The number of benzene rings is 2. The molecular weight excluding hydrogens is 516 g/mol. The van der Waals surface area contributed by atoms with Gasteiger partial charge < -0.3 is 33.9 Å². The minimum atomic E-state index is -1.11. The van der Waals surface area contributed by atoms with Gasteiger partial charge in [-0.05, 0) is 6.07 Å². The Labute approximate surface area is 222 Å². The summed E-state index contributed by atoms with van der Waals surface area (Å²) in [4.78, 5) is 60.8. The van der Waals surface area contributed by atoms with Crippen LogP contribution in [0.3, 0.4) is 0 Å². The molecule has 4 atom stereocenters. The number of carbonyl (C=O) groups is 5. The van der Waals surface area contributed by atoms with E-state index in [1.165, 1.54) is 26.0 Å². The number of phenolic OH excluding ortho intramolecular Hbond substituents is 2. The lowest BCUT2D eigenvalue weighted by Crippen LogP contribution is -2.54. The Morgan fingerprint density at radius 3 is 2.13 bits per heavy atom. The minimum absolute atomic E-state index is 0.0157. The van der Waals surface area contributed by atoms with Gasteiger partial charge in [0.15, 0.2) is 24.0 Å². The third-order valence-electron chi connectivity index (χ3n) is 6.21. The molecule has 0 aromatic heterocycles. The van der Waals surface area contributed by atoms with E-state index in [0.29, 0.717) is 0 Å². The molecule has 0 spiro atoms. The first-order valence-corrected chi connectivity index (χ1v) is 12.0. The van der Waals surface area contributed by atoms with E-state index in [0.717, 1.165) is 13.0 Å². The molecule has 2 N–H and O–H groups in total. The molecule has 39 heavy (non-hydrogen) atoms. The highest BCUT2D eigenvalue weighted by Gasteiger charge is 2.44. The number of rotatable bonds is 7. The van der Waals surface area contributed by atoms with Crippen molar-refractivity contribution < 1.29 is 57.9 Å². The average Bonchev–Trinajstić information content (AvgIpc) is 2.87. The molecule has 1 saturated heterocycles. The maximum Gasteiger partial charge on any atom is 0.303 e. The van der Waals surface area contributed by atoms with Crippen LogP contribution in [0.5, 0.6) is 11.5 Å². The topological polar surface area (TPSA) is 172 Å². The molecule has 4 rings (SSSR count). The molecule has 1 fully saturated rings. The van der Waals surface area contributed by atoms with E-state index in [2.05, 4.69) is 0 Å². The Morgan fingerprint density at radius 1 is 0.923 bits per heavy atom. The SMILES string of the molecule is CC(=O)OC[C@H]1O[C@H](OCc2cc(O)c3c(c2O)C(=O)c2ccccc2C3=O)C[C@@H](OC(C)=O)[C@@H]1OC(C)=O. The minimum Gasteiger partial charge on any atom is -0.507 e. The van der Waals surface area contributed by atoms with Gasteiger partial charge in [0.2, 0.25) is 0 Å². The van der Waals surface area contributed by atoms with Crippen LogP contribution in [-0.4, -0.2) is 70.9 Å². The largest absolute Gasteiger partial charge is 0.507 e. The van der Waals surface area contributed by atoms with Crippen molar-refractivity contribution in [3.8, 4) is 11.5 Å². The molecule has 0 bridgehead atoms. The molecule has 1 heterocycles. The molecule has 0 unspecified atom stereocenters. The number of ketones is 2. The number of hydrogen-bond donors (Lipinski definition) is 2. The molecule has 12 nitrogen and oxygen atoms in total. The Hall–Kier alpha value is -4.29. The molecule has 206 valence electrons. The van der Waals surface area contributed by atoms with Gasteiger partial charge in [-0.2, -0.15) is 0 Å². The fourth-order valence-electron chi connectivity index (χ4n) is 4.61. The second-order valence-corrected chi connectivity index (χ2v) is 9.03. The zero-order valence-electron chi connectivity index (χ0n) is 21.3. The summed E-state index contributed by atoms with van der Waals surface area (Å²) in [5.41, 5.74) is -0.468. The van der Waals surface area contributed by atoms with E-state index >= 15 is 0 Å². The highest BCUT2D eigenvalue weighted by Crippen LogP contribution is 2.40. The zero-order valence-corrected chi connectivity index (χ0v) is 21.3. The second-order valence-electron chi connectivity index (χ2n) is 9.03. The summed E-state index contributed by atoms with van der Waals surface area (Å²) in [7, 11) is 0. The van der Waals surface area contributed by atoms with Crippen molar-refractivity contribution in [2.75, 3.05) is 6.61 Å². The van der Waals surface area contributed by atoms with Gasteiger partial charge in [-0.15, -0.1) is 0 Å². The van der Waals surface area contributed by atoms with Gasteiger partial charge in [0.1, 0.15) is 30.3 Å². The predicted molar refractivity (Wildman–Crippen MR) is 129 cm³/mol. The van der Waals surface area contributed by atoms with Crippen molar-refractivity contribution in [3.05, 3.63) is 58.1 Å². The van der Waals surface area contributed by atoms with Gasteiger partial charge in [0.05, 0.1) is 17.7 Å². The zero-order chi connectivity index (χ0) is 28.4. The molecule has 0 saturated carbocycles. The third kappa shape index (κ3) is 5.76. The van der Waals surface area contributed by atoms with Crippen LogP contribution in [0.4, 0.5) is 0 Å². The Balaban J connectivity index is 1.59. The van der Waals surface area contributed by atoms with Crippen LogP contribution in [0.25, 0.3) is 0 Å². The summed E-state index contributed by atoms with van der Waals surface area (Å²) in [5, 5.41) is 21.5. The Morgan fingerprint density at radius 2 is 1.54 bits per heavy atom. The lowest BCUT2D eigenvalue weighted by Gasteiger charge is -2.39. The summed E-state index contributed by atoms with van der Waals surface area (Å²) in [6.45, 7) is 2.77. The number of hydrogen-bond acceptors (Lipinski definition) is 12. The number of ether oxygens (including phenoxy) is 5. The van der Waals surface area contributed by atoms with Crippen LogP contribution in [0.1, 0.15) is 64.6 Å². The first-order valence-electron chi connectivity index (χ1n) is 12.0. The van der Waals surface area contributed by atoms with E-state index in [4.69, 9.17) is 23.7 Å². The Bertz CT molecular complexity index is 1350. The molecule has 2 aliphatic rings. The predicted octanol–water partition coefficient (Wildman–Crippen LogP) is 1.93. The van der Waals surface area contributed by atoms with Gasteiger partial charge in [-0.3, -0.25) is 24.0 Å². The molecule has 12 heteroatoms. The van der Waals surface area contributed by atoms with E-state index in [1.807, 2.05) is 0 Å². The molecule has 2 aromatic carbocycles. The molecule has 2 aromatic rings. The quantitative estimate of drug-likeness (QED) is 0.253. The van der Waals surface area contributed by atoms with Crippen molar-refractivity contribution in [2.24, 2.45) is 0 Å². The lowest BCUT2D eigenvalue weighted by atomic mass is 9.82. The second kappa shape index (κ2) is 11.2. The van der Waals surface area contributed by atoms with Gasteiger partial charge in [0, 0.05) is 43.9 Å². The fraction of sp³-hybridized carbons (Fsp3) is 0.370. The van der Waals surface area contributed by atoms with Crippen molar-refractivity contribution in [2.45, 2.75) is 58.4 Å². The third-order valence-corrected chi connectivity index (χ3v) is 6.21. The van der Waals surface area contributed by atoms with Crippen molar-refractivity contribution in [1.82, 2.24) is 0 Å². The first kappa shape index (κ1) is 27.7. The molecule has 1 aliphatic carbocycles. The number of carbonyl (C=O) groups excluding carboxylic acids is 5. The van der Waals surface area contributed by atoms with Gasteiger partial charge in [-0.1, -0.05) is 24.3 Å². The normalized spacial score (nSPS) is 21.9. The van der Waals surface area contributed by atoms with Crippen LogP contribution >= 0.6 is 0 Å². The van der Waals surface area contributed by atoms with E-state index in [-0.39, 0.29) is 40.8 Å². The highest BCUT2D eigenvalue weighted by molar-refractivity contribution is 6.30. The summed E-state index contributed by atoms with van der Waals surface area (Å²) in [6.07, 6.45) is -4.40. The molecule has 0 amide bonds. The summed E-state index contributed by atoms with van der Waals surface area (Å²) >= 11 is 0. The molecule has 0 radical (unpaired) electrons. The van der Waals surface area contributed by atoms with Crippen molar-refractivity contribution >= 4 is 29.5 Å².